The van der Waals surface area contributed by atoms with Crippen LogP contribution in [0.15, 0.2) is 28.7 Å². The second kappa shape index (κ2) is 6.65. The van der Waals surface area contributed by atoms with Crippen molar-refractivity contribution in [2.45, 2.75) is 6.42 Å². The Bertz CT molecular complexity index is 378. The molecule has 6 heteroatoms. The van der Waals surface area contributed by atoms with Crippen molar-refractivity contribution in [3.8, 4) is 5.75 Å². The number of benzene rings is 1. The first-order valence-corrected chi connectivity index (χ1v) is 6.36. The summed E-state index contributed by atoms with van der Waals surface area (Å²) >= 11 is 6.35. The highest BCUT2D eigenvalue weighted by molar-refractivity contribution is 9.10. The number of hydrogen-bond acceptors (Lipinski definition) is 3. The molecule has 0 bridgehead atoms. The predicted octanol–water partition coefficient (Wildman–Crippen LogP) is 2.85. The maximum atomic E-state index is 11.2. The van der Waals surface area contributed by atoms with E-state index in [0.29, 0.717) is 11.1 Å². The largest absolute Gasteiger partial charge is 0.419 e. The Morgan fingerprint density at radius 1 is 1.25 bits per heavy atom. The molecule has 0 saturated carbocycles. The molecule has 4 nitrogen and oxygen atoms in total. The van der Waals surface area contributed by atoms with Gasteiger partial charge in [-0.05, 0) is 24.3 Å². The van der Waals surface area contributed by atoms with Gasteiger partial charge in [0.2, 0.25) is 5.91 Å². The lowest BCUT2D eigenvalue weighted by Gasteiger charge is -2.04. The van der Waals surface area contributed by atoms with Crippen LogP contribution in [0.1, 0.15) is 6.42 Å². The number of amides is 2. The quantitative estimate of drug-likeness (QED) is 0.853. The van der Waals surface area contributed by atoms with Gasteiger partial charge in [-0.1, -0.05) is 31.9 Å². The van der Waals surface area contributed by atoms with Crippen LogP contribution in [0.3, 0.4) is 0 Å². The SMILES string of the molecule is O=C(CCBr)NC(=O)Oc1ccc(Br)cc1. The Morgan fingerprint density at radius 3 is 2.44 bits per heavy atom. The summed E-state index contributed by atoms with van der Waals surface area (Å²) < 4.78 is 5.76. The van der Waals surface area contributed by atoms with E-state index in [2.05, 4.69) is 37.2 Å². The third kappa shape index (κ3) is 4.76. The maximum Gasteiger partial charge on any atom is 0.419 e. The molecule has 0 unspecified atom stereocenters. The molecular weight excluding hydrogens is 342 g/mol. The van der Waals surface area contributed by atoms with Crippen molar-refractivity contribution < 1.29 is 14.3 Å². The van der Waals surface area contributed by atoms with Gasteiger partial charge in [0.25, 0.3) is 0 Å². The third-order valence-corrected chi connectivity index (χ3v) is 2.51. The Hall–Kier alpha value is -0.880. The summed E-state index contributed by atoms with van der Waals surface area (Å²) in [6.45, 7) is 0. The Labute approximate surface area is 110 Å². The number of carbonyl (C=O) groups is 2. The molecule has 0 aliphatic heterocycles. The zero-order valence-corrected chi connectivity index (χ0v) is 11.4. The number of nitrogens with one attached hydrogen (secondary N) is 1. The summed E-state index contributed by atoms with van der Waals surface area (Å²) in [5, 5.41) is 2.61. The van der Waals surface area contributed by atoms with Crippen LogP contribution in [-0.4, -0.2) is 17.3 Å². The van der Waals surface area contributed by atoms with Crippen LogP contribution in [-0.2, 0) is 4.79 Å². The zero-order chi connectivity index (χ0) is 12.0. The van der Waals surface area contributed by atoms with E-state index in [1.165, 1.54) is 0 Å². The number of rotatable bonds is 3. The van der Waals surface area contributed by atoms with Crippen LogP contribution < -0.4 is 10.1 Å². The standard InChI is InChI=1S/C10H9Br2NO3/c11-6-5-9(14)13-10(15)16-8-3-1-7(12)2-4-8/h1-4H,5-6H2,(H,13,14,15). The highest BCUT2D eigenvalue weighted by Crippen LogP contribution is 2.15. The van der Waals surface area contributed by atoms with Crippen molar-refractivity contribution in [1.82, 2.24) is 5.32 Å². The van der Waals surface area contributed by atoms with Gasteiger partial charge in [-0.2, -0.15) is 0 Å². The lowest BCUT2D eigenvalue weighted by Crippen LogP contribution is -2.32. The van der Waals surface area contributed by atoms with Gasteiger partial charge in [-0.15, -0.1) is 0 Å². The molecule has 0 aromatic heterocycles. The monoisotopic (exact) mass is 349 g/mol. The summed E-state index contributed by atoms with van der Waals surface area (Å²) in [6.07, 6.45) is -0.539. The van der Waals surface area contributed by atoms with E-state index in [9.17, 15) is 9.59 Å². The molecule has 2 amide bonds. The van der Waals surface area contributed by atoms with Crippen molar-refractivity contribution >= 4 is 43.9 Å². The zero-order valence-electron chi connectivity index (χ0n) is 8.20. The first kappa shape index (κ1) is 13.2. The smallest absolute Gasteiger partial charge is 0.410 e. The topological polar surface area (TPSA) is 55.4 Å². The lowest BCUT2D eigenvalue weighted by molar-refractivity contribution is -0.119. The first-order valence-electron chi connectivity index (χ1n) is 4.45. The van der Waals surface area contributed by atoms with Gasteiger partial charge in [0.15, 0.2) is 0 Å². The molecular formula is C10H9Br2NO3. The summed E-state index contributed by atoms with van der Waals surface area (Å²) in [7, 11) is 0. The average Bonchev–Trinajstić information content (AvgIpc) is 2.21. The first-order chi connectivity index (χ1) is 7.61. The molecule has 0 saturated heterocycles. The summed E-state index contributed by atoms with van der Waals surface area (Å²) in [5.74, 6) is 0.00586. The highest BCUT2D eigenvalue weighted by atomic mass is 79.9. The molecule has 86 valence electrons. The van der Waals surface area contributed by atoms with Crippen molar-refractivity contribution in [3.63, 3.8) is 0 Å². The Balaban J connectivity index is 2.45. The molecule has 1 rings (SSSR count). The maximum absolute atomic E-state index is 11.2. The predicted molar refractivity (Wildman–Crippen MR) is 66.7 cm³/mol. The lowest BCUT2D eigenvalue weighted by atomic mass is 10.3. The molecule has 0 fully saturated rings. The van der Waals surface area contributed by atoms with E-state index in [1.54, 1.807) is 24.3 Å². The van der Waals surface area contributed by atoms with Crippen LogP contribution in [0.2, 0.25) is 0 Å². The molecule has 0 aliphatic carbocycles. The van der Waals surface area contributed by atoms with Gasteiger partial charge in [0.1, 0.15) is 5.75 Å². The molecule has 16 heavy (non-hydrogen) atoms. The number of imide groups is 1. The summed E-state index contributed by atoms with van der Waals surface area (Å²) in [5.41, 5.74) is 0. The molecule has 0 heterocycles. The second-order valence-electron chi connectivity index (χ2n) is 2.83. The summed E-state index contributed by atoms with van der Waals surface area (Å²) in [4.78, 5) is 22.2. The second-order valence-corrected chi connectivity index (χ2v) is 4.54. The van der Waals surface area contributed by atoms with Gasteiger partial charge >= 0.3 is 6.09 Å². The fraction of sp³-hybridized carbons (Fsp3) is 0.200. The highest BCUT2D eigenvalue weighted by Gasteiger charge is 2.08. The fourth-order valence-electron chi connectivity index (χ4n) is 0.897. The van der Waals surface area contributed by atoms with Crippen molar-refractivity contribution in [2.24, 2.45) is 0 Å². The molecule has 1 N–H and O–H groups in total. The van der Waals surface area contributed by atoms with Crippen LogP contribution in [0.25, 0.3) is 0 Å². The van der Waals surface area contributed by atoms with E-state index in [4.69, 9.17) is 4.74 Å². The minimum Gasteiger partial charge on any atom is -0.410 e. The molecule has 0 spiro atoms. The van der Waals surface area contributed by atoms with Gasteiger partial charge in [0.05, 0.1) is 0 Å². The minimum atomic E-state index is -0.770. The molecule has 1 aromatic carbocycles. The average molecular weight is 351 g/mol. The normalized spacial score (nSPS) is 9.62. The van der Waals surface area contributed by atoms with Gasteiger partial charge in [0, 0.05) is 16.2 Å². The van der Waals surface area contributed by atoms with Crippen molar-refractivity contribution in [2.75, 3.05) is 5.33 Å². The van der Waals surface area contributed by atoms with Gasteiger partial charge < -0.3 is 4.74 Å². The molecule has 0 aliphatic rings. The Morgan fingerprint density at radius 2 is 1.88 bits per heavy atom. The number of alkyl halides is 1. The van der Waals surface area contributed by atoms with Crippen molar-refractivity contribution in [1.29, 1.82) is 0 Å². The van der Waals surface area contributed by atoms with Crippen molar-refractivity contribution in [3.05, 3.63) is 28.7 Å². The minimum absolute atomic E-state index is 0.232. The fourth-order valence-corrected chi connectivity index (χ4v) is 1.52. The number of hydrogen-bond donors (Lipinski definition) is 1. The third-order valence-electron chi connectivity index (χ3n) is 1.59. The van der Waals surface area contributed by atoms with E-state index in [0.717, 1.165) is 4.47 Å². The number of ether oxygens (including phenoxy) is 1. The van der Waals surface area contributed by atoms with E-state index in [-0.39, 0.29) is 12.3 Å². The van der Waals surface area contributed by atoms with E-state index in [1.807, 2.05) is 0 Å². The van der Waals surface area contributed by atoms with E-state index < -0.39 is 6.09 Å². The molecule has 1 aromatic rings. The number of halogens is 2. The van der Waals surface area contributed by atoms with Gasteiger partial charge in [-0.25, -0.2) is 4.79 Å². The number of carbonyl (C=O) groups excluding carboxylic acids is 2. The Kier molecular flexibility index (Phi) is 5.48. The van der Waals surface area contributed by atoms with E-state index >= 15 is 0 Å². The molecule has 0 atom stereocenters. The van der Waals surface area contributed by atoms with Crippen LogP contribution in [0, 0.1) is 0 Å². The van der Waals surface area contributed by atoms with Crippen LogP contribution in [0.4, 0.5) is 4.79 Å². The summed E-state index contributed by atoms with van der Waals surface area (Å²) in [6, 6.07) is 6.73. The van der Waals surface area contributed by atoms with Crippen LogP contribution >= 0.6 is 31.9 Å². The molecule has 0 radical (unpaired) electrons. The van der Waals surface area contributed by atoms with Crippen LogP contribution in [0.5, 0.6) is 5.75 Å². The van der Waals surface area contributed by atoms with Gasteiger partial charge in [-0.3, -0.25) is 10.1 Å².